The van der Waals surface area contributed by atoms with Crippen molar-refractivity contribution in [3.63, 3.8) is 0 Å². The third-order valence-electron chi connectivity index (χ3n) is 3.00. The molecule has 0 saturated carbocycles. The number of halogens is 3. The van der Waals surface area contributed by atoms with Crippen molar-refractivity contribution in [1.82, 2.24) is 5.32 Å². The quantitative estimate of drug-likeness (QED) is 0.625. The summed E-state index contributed by atoms with van der Waals surface area (Å²) in [6.07, 6.45) is 2.00. The van der Waals surface area contributed by atoms with Gasteiger partial charge in [0.15, 0.2) is 0 Å². The molecule has 2 aromatic rings. The highest BCUT2D eigenvalue weighted by atomic mass is 79.9. The van der Waals surface area contributed by atoms with Crippen molar-refractivity contribution in [1.29, 1.82) is 0 Å². The average Bonchev–Trinajstić information content (AvgIpc) is 2.83. The van der Waals surface area contributed by atoms with Gasteiger partial charge < -0.3 is 5.32 Å². The molecule has 1 unspecified atom stereocenters. The van der Waals surface area contributed by atoms with Crippen molar-refractivity contribution in [2.24, 2.45) is 0 Å². The number of nitrogens with one attached hydrogen (secondary N) is 1. The highest BCUT2D eigenvalue weighted by Gasteiger charge is 2.16. The normalized spacial score (nSPS) is 12.6. The molecule has 0 aliphatic carbocycles. The Morgan fingerprint density at radius 1 is 1.30 bits per heavy atom. The van der Waals surface area contributed by atoms with Crippen LogP contribution in [0.25, 0.3) is 0 Å². The molecule has 0 aliphatic heterocycles. The van der Waals surface area contributed by atoms with E-state index < -0.39 is 0 Å². The lowest BCUT2D eigenvalue weighted by molar-refractivity contribution is 0.532. The first-order chi connectivity index (χ1) is 9.60. The van der Waals surface area contributed by atoms with Gasteiger partial charge in [0.2, 0.25) is 0 Å². The molecule has 0 bridgehead atoms. The van der Waals surface area contributed by atoms with Gasteiger partial charge in [-0.1, -0.05) is 30.1 Å². The Morgan fingerprint density at radius 3 is 2.75 bits per heavy atom. The lowest BCUT2D eigenvalue weighted by atomic mass is 10.0. The molecule has 0 saturated heterocycles. The summed E-state index contributed by atoms with van der Waals surface area (Å²) < 4.78 is 1.13. The molecular weight excluding hydrogens is 377 g/mol. The third kappa shape index (κ3) is 4.47. The molecule has 2 rings (SSSR count). The number of rotatable bonds is 6. The van der Waals surface area contributed by atoms with Gasteiger partial charge in [-0.15, -0.1) is 11.3 Å². The number of thiophene rings is 1. The molecular formula is C15H16BrCl2NS. The fourth-order valence-corrected chi connectivity index (χ4v) is 3.98. The molecule has 1 nitrogen and oxygen atoms in total. The smallest absolute Gasteiger partial charge is 0.0454 e. The van der Waals surface area contributed by atoms with Crippen LogP contribution in [0.15, 0.2) is 34.1 Å². The van der Waals surface area contributed by atoms with E-state index in [-0.39, 0.29) is 6.04 Å². The highest BCUT2D eigenvalue weighted by molar-refractivity contribution is 9.10. The van der Waals surface area contributed by atoms with Crippen LogP contribution in [0.1, 0.15) is 29.8 Å². The van der Waals surface area contributed by atoms with E-state index in [2.05, 4.69) is 39.6 Å². The molecule has 1 aromatic carbocycles. The summed E-state index contributed by atoms with van der Waals surface area (Å²) in [7, 11) is 0. The van der Waals surface area contributed by atoms with Gasteiger partial charge in [0.25, 0.3) is 0 Å². The van der Waals surface area contributed by atoms with Gasteiger partial charge in [-0.2, -0.15) is 0 Å². The van der Waals surface area contributed by atoms with Crippen molar-refractivity contribution in [3.8, 4) is 0 Å². The second-order valence-corrected chi connectivity index (χ2v) is 7.36. The zero-order valence-electron chi connectivity index (χ0n) is 11.1. The van der Waals surface area contributed by atoms with E-state index in [0.29, 0.717) is 0 Å². The maximum Gasteiger partial charge on any atom is 0.0454 e. The Bertz CT molecular complexity index is 571. The Labute approximate surface area is 142 Å². The maximum atomic E-state index is 6.34. The van der Waals surface area contributed by atoms with Crippen LogP contribution in [-0.2, 0) is 6.42 Å². The van der Waals surface area contributed by atoms with E-state index in [4.69, 9.17) is 23.2 Å². The fraction of sp³-hybridized carbons (Fsp3) is 0.333. The van der Waals surface area contributed by atoms with Crippen LogP contribution in [0.3, 0.4) is 0 Å². The van der Waals surface area contributed by atoms with Crippen LogP contribution in [0, 0.1) is 0 Å². The van der Waals surface area contributed by atoms with Gasteiger partial charge in [0.1, 0.15) is 0 Å². The summed E-state index contributed by atoms with van der Waals surface area (Å²) in [5, 5.41) is 7.15. The van der Waals surface area contributed by atoms with Gasteiger partial charge in [-0.05, 0) is 58.7 Å². The molecule has 108 valence electrons. The van der Waals surface area contributed by atoms with E-state index in [9.17, 15) is 0 Å². The van der Waals surface area contributed by atoms with Crippen LogP contribution >= 0.6 is 50.5 Å². The first kappa shape index (κ1) is 16.3. The van der Waals surface area contributed by atoms with Crippen molar-refractivity contribution in [2.45, 2.75) is 25.8 Å². The summed E-state index contributed by atoms with van der Waals surface area (Å²) in [5.74, 6) is 0. The van der Waals surface area contributed by atoms with Gasteiger partial charge in [0, 0.05) is 37.2 Å². The standard InChI is InChI=1S/C15H16BrCl2NS/c1-2-5-19-15(8-12-6-10(16)9-20-12)13-7-11(17)3-4-14(13)18/h3-4,6-7,9,15,19H,2,5,8H2,1H3. The zero-order valence-corrected chi connectivity index (χ0v) is 15.0. The van der Waals surface area contributed by atoms with Gasteiger partial charge in [-0.25, -0.2) is 0 Å². The largest absolute Gasteiger partial charge is 0.310 e. The monoisotopic (exact) mass is 391 g/mol. The van der Waals surface area contributed by atoms with Crippen LogP contribution in [-0.4, -0.2) is 6.54 Å². The van der Waals surface area contributed by atoms with Crippen LogP contribution in [0.4, 0.5) is 0 Å². The lowest BCUT2D eigenvalue weighted by Gasteiger charge is -2.20. The first-order valence-corrected chi connectivity index (χ1v) is 8.94. The molecule has 0 radical (unpaired) electrons. The zero-order chi connectivity index (χ0) is 14.5. The molecule has 1 atom stereocenters. The van der Waals surface area contributed by atoms with Crippen molar-refractivity contribution in [3.05, 3.63) is 54.6 Å². The molecule has 0 spiro atoms. The summed E-state index contributed by atoms with van der Waals surface area (Å²) in [6.45, 7) is 3.12. The minimum absolute atomic E-state index is 0.187. The lowest BCUT2D eigenvalue weighted by Crippen LogP contribution is -2.24. The molecule has 1 heterocycles. The SMILES string of the molecule is CCCNC(Cc1cc(Br)cs1)c1cc(Cl)ccc1Cl. The van der Waals surface area contributed by atoms with Crippen LogP contribution in [0.5, 0.6) is 0 Å². The predicted molar refractivity (Wildman–Crippen MR) is 93.2 cm³/mol. The van der Waals surface area contributed by atoms with E-state index >= 15 is 0 Å². The molecule has 1 N–H and O–H groups in total. The fourth-order valence-electron chi connectivity index (χ4n) is 2.05. The molecule has 0 aliphatic rings. The number of benzene rings is 1. The molecule has 0 amide bonds. The van der Waals surface area contributed by atoms with E-state index in [1.54, 1.807) is 11.3 Å². The van der Waals surface area contributed by atoms with Crippen LogP contribution in [0.2, 0.25) is 10.0 Å². The third-order valence-corrected chi connectivity index (χ3v) is 5.30. The van der Waals surface area contributed by atoms with Crippen molar-refractivity contribution in [2.75, 3.05) is 6.54 Å². The Kier molecular flexibility index (Phi) is 6.37. The van der Waals surface area contributed by atoms with Crippen LogP contribution < -0.4 is 5.32 Å². The average molecular weight is 393 g/mol. The summed E-state index contributed by atoms with van der Waals surface area (Å²) >= 11 is 17.7. The molecule has 1 aromatic heterocycles. The summed E-state index contributed by atoms with van der Waals surface area (Å²) in [6, 6.07) is 7.99. The van der Waals surface area contributed by atoms with E-state index in [1.807, 2.05) is 18.2 Å². The van der Waals surface area contributed by atoms with E-state index in [0.717, 1.165) is 39.5 Å². The Morgan fingerprint density at radius 2 is 2.10 bits per heavy atom. The maximum absolute atomic E-state index is 6.34. The predicted octanol–water partition coefficient (Wildman–Crippen LogP) is 6.10. The minimum Gasteiger partial charge on any atom is -0.310 e. The minimum atomic E-state index is 0.187. The molecule has 20 heavy (non-hydrogen) atoms. The Balaban J connectivity index is 2.24. The van der Waals surface area contributed by atoms with Crippen molar-refractivity contribution < 1.29 is 0 Å². The Hall–Kier alpha value is -0.0600. The van der Waals surface area contributed by atoms with Crippen molar-refractivity contribution >= 4 is 50.5 Å². The van der Waals surface area contributed by atoms with Gasteiger partial charge >= 0.3 is 0 Å². The second kappa shape index (κ2) is 7.81. The second-order valence-electron chi connectivity index (χ2n) is 4.61. The molecule has 0 fully saturated rings. The van der Waals surface area contributed by atoms with Gasteiger partial charge in [0.05, 0.1) is 0 Å². The number of hydrogen-bond donors (Lipinski definition) is 1. The molecule has 5 heteroatoms. The summed E-state index contributed by atoms with van der Waals surface area (Å²) in [4.78, 5) is 1.32. The highest BCUT2D eigenvalue weighted by Crippen LogP contribution is 2.31. The van der Waals surface area contributed by atoms with Gasteiger partial charge in [-0.3, -0.25) is 0 Å². The topological polar surface area (TPSA) is 12.0 Å². The first-order valence-electron chi connectivity index (χ1n) is 6.51. The summed E-state index contributed by atoms with van der Waals surface area (Å²) in [5.41, 5.74) is 1.07. The number of hydrogen-bond acceptors (Lipinski definition) is 2. The van der Waals surface area contributed by atoms with E-state index in [1.165, 1.54) is 4.88 Å².